The molecule has 0 saturated carbocycles. The van der Waals surface area contributed by atoms with E-state index in [2.05, 4.69) is 29.1 Å². The molecule has 0 amide bonds. The summed E-state index contributed by atoms with van der Waals surface area (Å²) < 4.78 is 5.68. The Morgan fingerprint density at radius 3 is 2.70 bits per heavy atom. The highest BCUT2D eigenvalue weighted by Gasteiger charge is 2.06. The molecule has 2 aromatic rings. The molecule has 20 heavy (non-hydrogen) atoms. The van der Waals surface area contributed by atoms with Gasteiger partial charge in [-0.15, -0.1) is 0 Å². The molecule has 0 saturated heterocycles. The van der Waals surface area contributed by atoms with Gasteiger partial charge < -0.3 is 10.1 Å². The average molecular weight is 271 g/mol. The van der Waals surface area contributed by atoms with Crippen molar-refractivity contribution in [2.45, 2.75) is 40.3 Å². The predicted molar refractivity (Wildman–Crippen MR) is 80.0 cm³/mol. The Labute approximate surface area is 120 Å². The Morgan fingerprint density at radius 2 is 2.05 bits per heavy atom. The summed E-state index contributed by atoms with van der Waals surface area (Å²) in [6.45, 7) is 9.01. The van der Waals surface area contributed by atoms with Crippen molar-refractivity contribution in [1.82, 2.24) is 15.3 Å². The number of hydrogen-bond acceptors (Lipinski definition) is 4. The predicted octanol–water partition coefficient (Wildman–Crippen LogP) is 3.38. The summed E-state index contributed by atoms with van der Waals surface area (Å²) in [4.78, 5) is 8.67. The quantitative estimate of drug-likeness (QED) is 0.905. The zero-order valence-electron chi connectivity index (χ0n) is 12.5. The van der Waals surface area contributed by atoms with Crippen LogP contribution in [0.3, 0.4) is 0 Å². The number of rotatable bonds is 5. The lowest BCUT2D eigenvalue weighted by molar-refractivity contribution is 0.438. The second kappa shape index (κ2) is 6.48. The second-order valence-electron chi connectivity index (χ2n) is 5.22. The van der Waals surface area contributed by atoms with E-state index in [1.54, 1.807) is 0 Å². The fourth-order valence-electron chi connectivity index (χ4n) is 1.79. The summed E-state index contributed by atoms with van der Waals surface area (Å²) in [7, 11) is 0. The summed E-state index contributed by atoms with van der Waals surface area (Å²) >= 11 is 0. The Balaban J connectivity index is 2.09. The number of nitrogens with zero attached hydrogens (tertiary/aromatic N) is 2. The second-order valence-corrected chi connectivity index (χ2v) is 5.22. The first-order chi connectivity index (χ1) is 9.54. The summed E-state index contributed by atoms with van der Waals surface area (Å²) in [6.07, 6.45) is 1.82. The van der Waals surface area contributed by atoms with E-state index in [1.807, 2.05) is 44.3 Å². The average Bonchev–Trinajstić information content (AvgIpc) is 2.37. The van der Waals surface area contributed by atoms with Crippen LogP contribution in [0, 0.1) is 13.8 Å². The molecule has 4 nitrogen and oxygen atoms in total. The molecule has 4 heteroatoms. The van der Waals surface area contributed by atoms with Gasteiger partial charge in [0.2, 0.25) is 0 Å². The molecule has 0 spiro atoms. The molecule has 0 atom stereocenters. The van der Waals surface area contributed by atoms with Crippen LogP contribution in [0.5, 0.6) is 11.8 Å². The maximum atomic E-state index is 5.68. The van der Waals surface area contributed by atoms with Crippen LogP contribution in [0.2, 0.25) is 0 Å². The maximum Gasteiger partial charge on any atom is 0.322 e. The maximum absolute atomic E-state index is 5.68. The van der Waals surface area contributed by atoms with Crippen molar-refractivity contribution in [3.05, 3.63) is 47.3 Å². The molecule has 0 radical (unpaired) electrons. The standard InChI is InChI=1S/C16H21N3O/c1-11(2)17-9-14-10-18-16(19-13(14)4)20-15-7-5-6-12(3)8-15/h5-8,10-11,17H,9H2,1-4H3. The van der Waals surface area contributed by atoms with Crippen LogP contribution in [-0.2, 0) is 6.54 Å². The minimum absolute atomic E-state index is 0.390. The zero-order chi connectivity index (χ0) is 14.5. The van der Waals surface area contributed by atoms with Crippen molar-refractivity contribution in [2.24, 2.45) is 0 Å². The number of aryl methyl sites for hydroxylation is 2. The lowest BCUT2D eigenvalue weighted by atomic mass is 10.2. The molecule has 2 rings (SSSR count). The van der Waals surface area contributed by atoms with Gasteiger partial charge in [0.25, 0.3) is 0 Å². The number of nitrogens with one attached hydrogen (secondary N) is 1. The molecular weight excluding hydrogens is 250 g/mol. The van der Waals surface area contributed by atoms with Crippen LogP contribution in [-0.4, -0.2) is 16.0 Å². The van der Waals surface area contributed by atoms with E-state index < -0.39 is 0 Å². The minimum atomic E-state index is 0.390. The Morgan fingerprint density at radius 1 is 1.25 bits per heavy atom. The smallest absolute Gasteiger partial charge is 0.322 e. The zero-order valence-corrected chi connectivity index (χ0v) is 12.5. The van der Waals surface area contributed by atoms with E-state index >= 15 is 0 Å². The Hall–Kier alpha value is -1.94. The van der Waals surface area contributed by atoms with Crippen LogP contribution in [0.15, 0.2) is 30.5 Å². The van der Waals surface area contributed by atoms with Gasteiger partial charge in [0, 0.05) is 30.0 Å². The normalized spacial score (nSPS) is 10.8. The van der Waals surface area contributed by atoms with Crippen molar-refractivity contribution in [3.8, 4) is 11.8 Å². The molecule has 0 aliphatic rings. The lowest BCUT2D eigenvalue weighted by Gasteiger charge is -2.11. The molecule has 0 fully saturated rings. The molecule has 1 aromatic heterocycles. The van der Waals surface area contributed by atoms with Crippen molar-refractivity contribution < 1.29 is 4.74 Å². The van der Waals surface area contributed by atoms with E-state index in [9.17, 15) is 0 Å². The SMILES string of the molecule is Cc1cccc(Oc2ncc(CNC(C)C)c(C)n2)c1. The van der Waals surface area contributed by atoms with Crippen molar-refractivity contribution in [1.29, 1.82) is 0 Å². The summed E-state index contributed by atoms with van der Waals surface area (Å²) in [5.74, 6) is 0.762. The third kappa shape index (κ3) is 4.03. The van der Waals surface area contributed by atoms with Crippen molar-refractivity contribution >= 4 is 0 Å². The summed E-state index contributed by atoms with van der Waals surface area (Å²) in [5.41, 5.74) is 3.18. The lowest BCUT2D eigenvalue weighted by Crippen LogP contribution is -2.22. The molecule has 1 N–H and O–H groups in total. The highest BCUT2D eigenvalue weighted by molar-refractivity contribution is 5.30. The molecule has 0 unspecified atom stereocenters. The Bertz CT molecular complexity index is 582. The van der Waals surface area contributed by atoms with Crippen LogP contribution >= 0.6 is 0 Å². The molecule has 1 aromatic carbocycles. The van der Waals surface area contributed by atoms with Gasteiger partial charge in [-0.1, -0.05) is 26.0 Å². The first kappa shape index (κ1) is 14.5. The van der Waals surface area contributed by atoms with Gasteiger partial charge in [0.1, 0.15) is 5.75 Å². The highest BCUT2D eigenvalue weighted by atomic mass is 16.5. The Kier molecular flexibility index (Phi) is 4.69. The van der Waals surface area contributed by atoms with E-state index in [0.717, 1.165) is 29.1 Å². The molecular formula is C16H21N3O. The number of benzene rings is 1. The minimum Gasteiger partial charge on any atom is -0.424 e. The number of hydrogen-bond donors (Lipinski definition) is 1. The van der Waals surface area contributed by atoms with Gasteiger partial charge >= 0.3 is 6.01 Å². The molecule has 0 bridgehead atoms. The van der Waals surface area contributed by atoms with E-state index in [4.69, 9.17) is 4.74 Å². The summed E-state index contributed by atoms with van der Waals surface area (Å²) in [5, 5.41) is 3.36. The monoisotopic (exact) mass is 271 g/mol. The van der Waals surface area contributed by atoms with Crippen molar-refractivity contribution in [2.75, 3.05) is 0 Å². The number of ether oxygens (including phenoxy) is 1. The van der Waals surface area contributed by atoms with Gasteiger partial charge in [0.05, 0.1) is 0 Å². The van der Waals surface area contributed by atoms with Gasteiger partial charge in [-0.2, -0.15) is 4.98 Å². The third-order valence-corrected chi connectivity index (χ3v) is 2.96. The van der Waals surface area contributed by atoms with E-state index in [1.165, 1.54) is 0 Å². The summed E-state index contributed by atoms with van der Waals surface area (Å²) in [6, 6.07) is 8.68. The molecule has 1 heterocycles. The first-order valence-electron chi connectivity index (χ1n) is 6.85. The fraction of sp³-hybridized carbons (Fsp3) is 0.375. The third-order valence-electron chi connectivity index (χ3n) is 2.96. The van der Waals surface area contributed by atoms with Crippen LogP contribution in [0.25, 0.3) is 0 Å². The van der Waals surface area contributed by atoms with Crippen molar-refractivity contribution in [3.63, 3.8) is 0 Å². The van der Waals surface area contributed by atoms with Crippen LogP contribution in [0.1, 0.15) is 30.7 Å². The topological polar surface area (TPSA) is 47.0 Å². The van der Waals surface area contributed by atoms with Gasteiger partial charge in [-0.05, 0) is 31.5 Å². The molecule has 0 aliphatic heterocycles. The molecule has 0 aliphatic carbocycles. The van der Waals surface area contributed by atoms with Crippen LogP contribution < -0.4 is 10.1 Å². The largest absolute Gasteiger partial charge is 0.424 e. The fourth-order valence-corrected chi connectivity index (χ4v) is 1.79. The van der Waals surface area contributed by atoms with Gasteiger partial charge in [0.15, 0.2) is 0 Å². The van der Waals surface area contributed by atoms with Gasteiger partial charge in [-0.25, -0.2) is 4.98 Å². The highest BCUT2D eigenvalue weighted by Crippen LogP contribution is 2.19. The van der Waals surface area contributed by atoms with E-state index in [0.29, 0.717) is 12.1 Å². The molecule has 106 valence electrons. The van der Waals surface area contributed by atoms with E-state index in [-0.39, 0.29) is 0 Å². The number of aromatic nitrogens is 2. The van der Waals surface area contributed by atoms with Gasteiger partial charge in [-0.3, -0.25) is 0 Å². The first-order valence-corrected chi connectivity index (χ1v) is 6.85. The van der Waals surface area contributed by atoms with Crippen LogP contribution in [0.4, 0.5) is 0 Å².